The van der Waals surface area contributed by atoms with E-state index in [2.05, 4.69) is 70.5 Å². The number of amides is 1. The van der Waals surface area contributed by atoms with Gasteiger partial charge in [0.1, 0.15) is 0 Å². The second-order valence-electron chi connectivity index (χ2n) is 9.52. The summed E-state index contributed by atoms with van der Waals surface area (Å²) in [5, 5.41) is 7.01. The fourth-order valence-electron chi connectivity index (χ4n) is 4.81. The quantitative estimate of drug-likeness (QED) is 0.496. The number of guanidine groups is 1. The monoisotopic (exact) mass is 441 g/mol. The van der Waals surface area contributed by atoms with Crippen LogP contribution < -0.4 is 15.5 Å². The summed E-state index contributed by atoms with van der Waals surface area (Å²) in [7, 11) is 1.82. The third-order valence-corrected chi connectivity index (χ3v) is 7.25. The Hall–Kier alpha value is -2.24. The second-order valence-corrected chi connectivity index (χ2v) is 9.52. The van der Waals surface area contributed by atoms with E-state index in [0.717, 1.165) is 70.3 Å². The molecule has 2 aliphatic heterocycles. The number of nitrogens with one attached hydrogen (secondary N) is 2. The highest BCUT2D eigenvalue weighted by Crippen LogP contribution is 2.23. The molecule has 1 amide bonds. The highest BCUT2D eigenvalue weighted by Gasteiger charge is 2.26. The smallest absolute Gasteiger partial charge is 0.225 e. The molecule has 0 unspecified atom stereocenters. The molecule has 0 spiro atoms. The summed E-state index contributed by atoms with van der Waals surface area (Å²) < 4.78 is 0. The molecule has 0 aliphatic carbocycles. The van der Waals surface area contributed by atoms with Gasteiger partial charge in [-0.15, -0.1) is 0 Å². The van der Waals surface area contributed by atoms with Gasteiger partial charge in [0.25, 0.3) is 0 Å². The zero-order valence-electron chi connectivity index (χ0n) is 20.6. The van der Waals surface area contributed by atoms with Gasteiger partial charge in [0, 0.05) is 57.4 Å². The Morgan fingerprint density at radius 1 is 1.03 bits per heavy atom. The minimum atomic E-state index is 0.179. The predicted molar refractivity (Wildman–Crippen MR) is 134 cm³/mol. The lowest BCUT2D eigenvalue weighted by Crippen LogP contribution is -2.50. The van der Waals surface area contributed by atoms with Crippen LogP contribution >= 0.6 is 0 Å². The Labute approximate surface area is 194 Å². The van der Waals surface area contributed by atoms with Crippen molar-refractivity contribution in [3.05, 3.63) is 29.8 Å². The Kier molecular flexibility index (Phi) is 9.24. The van der Waals surface area contributed by atoms with Crippen molar-refractivity contribution in [2.45, 2.75) is 71.9 Å². The van der Waals surface area contributed by atoms with E-state index in [1.807, 2.05) is 7.05 Å². The highest BCUT2D eigenvalue weighted by molar-refractivity contribution is 5.80. The van der Waals surface area contributed by atoms with E-state index in [-0.39, 0.29) is 5.92 Å². The van der Waals surface area contributed by atoms with Gasteiger partial charge >= 0.3 is 0 Å². The van der Waals surface area contributed by atoms with E-state index >= 15 is 0 Å². The van der Waals surface area contributed by atoms with E-state index in [4.69, 9.17) is 0 Å². The third-order valence-electron chi connectivity index (χ3n) is 7.25. The molecule has 0 atom stereocenters. The molecular formula is C26H43N5O. The van der Waals surface area contributed by atoms with Crippen molar-refractivity contribution in [1.29, 1.82) is 0 Å². The molecule has 1 aromatic carbocycles. The van der Waals surface area contributed by atoms with Crippen molar-refractivity contribution in [2.75, 3.05) is 38.1 Å². The van der Waals surface area contributed by atoms with Crippen LogP contribution in [0.2, 0.25) is 0 Å². The van der Waals surface area contributed by atoms with E-state index in [1.54, 1.807) is 0 Å². The van der Waals surface area contributed by atoms with Gasteiger partial charge in [-0.25, -0.2) is 0 Å². The number of likely N-dealkylation sites (tertiary alicyclic amines) is 1. The number of hydrogen-bond acceptors (Lipinski definition) is 3. The first-order valence-electron chi connectivity index (χ1n) is 12.6. The summed E-state index contributed by atoms with van der Waals surface area (Å²) >= 11 is 0. The molecule has 32 heavy (non-hydrogen) atoms. The second kappa shape index (κ2) is 12.1. The number of rotatable bonds is 7. The minimum Gasteiger partial charge on any atom is -0.372 e. The Morgan fingerprint density at radius 3 is 2.22 bits per heavy atom. The van der Waals surface area contributed by atoms with E-state index in [0.29, 0.717) is 11.9 Å². The van der Waals surface area contributed by atoms with Crippen LogP contribution in [0.4, 0.5) is 5.69 Å². The van der Waals surface area contributed by atoms with Crippen LogP contribution in [0.5, 0.6) is 0 Å². The maximum atomic E-state index is 12.6. The molecule has 6 heteroatoms. The van der Waals surface area contributed by atoms with Crippen LogP contribution in [0.15, 0.2) is 29.3 Å². The summed E-state index contributed by atoms with van der Waals surface area (Å²) in [6, 6.07) is 9.28. The van der Waals surface area contributed by atoms with Crippen LogP contribution in [0.25, 0.3) is 0 Å². The third kappa shape index (κ3) is 6.63. The fourth-order valence-corrected chi connectivity index (χ4v) is 4.81. The molecule has 1 aromatic rings. The summed E-state index contributed by atoms with van der Waals surface area (Å²) in [5.41, 5.74) is 2.59. The summed E-state index contributed by atoms with van der Waals surface area (Å²) in [5.74, 6) is 2.20. The first-order chi connectivity index (χ1) is 15.5. The normalized spacial score (nSPS) is 18.8. The SMILES string of the molecule is CCC(CC)C(=O)N1CCC(NC(=NC)NCc2ccc(N3CCC(C)CC3)cc2)CC1. The van der Waals surface area contributed by atoms with Crippen molar-refractivity contribution in [1.82, 2.24) is 15.5 Å². The highest BCUT2D eigenvalue weighted by atomic mass is 16.2. The Bertz CT molecular complexity index is 727. The van der Waals surface area contributed by atoms with Crippen LogP contribution in [0, 0.1) is 11.8 Å². The van der Waals surface area contributed by atoms with Gasteiger partial charge in [0.05, 0.1) is 0 Å². The number of carbonyl (C=O) groups excluding carboxylic acids is 1. The van der Waals surface area contributed by atoms with Crippen LogP contribution in [0.3, 0.4) is 0 Å². The number of nitrogens with zero attached hydrogens (tertiary/aromatic N) is 3. The zero-order chi connectivity index (χ0) is 22.9. The Balaban J connectivity index is 1.42. The molecule has 2 heterocycles. The average Bonchev–Trinajstić information content (AvgIpc) is 2.83. The maximum absolute atomic E-state index is 12.6. The topological polar surface area (TPSA) is 60.0 Å². The lowest BCUT2D eigenvalue weighted by Gasteiger charge is -2.35. The van der Waals surface area contributed by atoms with Crippen LogP contribution in [-0.2, 0) is 11.3 Å². The molecule has 0 bridgehead atoms. The molecule has 2 saturated heterocycles. The summed E-state index contributed by atoms with van der Waals surface area (Å²) in [4.78, 5) is 21.6. The standard InChI is InChI=1S/C26H43N5O/c1-5-22(6-2)25(32)31-17-13-23(14-18-31)29-26(27-4)28-19-21-7-9-24(10-8-21)30-15-11-20(3)12-16-30/h7-10,20,22-23H,5-6,11-19H2,1-4H3,(H2,27,28,29). The van der Waals surface area contributed by atoms with Crippen molar-refractivity contribution in [3.8, 4) is 0 Å². The van der Waals surface area contributed by atoms with Crippen LogP contribution in [-0.4, -0.2) is 56.0 Å². The maximum Gasteiger partial charge on any atom is 0.225 e. The number of benzene rings is 1. The summed E-state index contributed by atoms with van der Waals surface area (Å²) in [6.07, 6.45) is 6.38. The number of anilines is 1. The molecule has 0 saturated carbocycles. The summed E-state index contributed by atoms with van der Waals surface area (Å²) in [6.45, 7) is 11.3. The van der Waals surface area contributed by atoms with Gasteiger partial charge in [-0.3, -0.25) is 9.79 Å². The molecule has 2 aliphatic rings. The zero-order valence-corrected chi connectivity index (χ0v) is 20.6. The fraction of sp³-hybridized carbons (Fsp3) is 0.692. The van der Waals surface area contributed by atoms with Crippen molar-refractivity contribution in [2.24, 2.45) is 16.8 Å². The van der Waals surface area contributed by atoms with Gasteiger partial charge in [-0.2, -0.15) is 0 Å². The predicted octanol–water partition coefficient (Wildman–Crippen LogP) is 4.02. The number of piperidine rings is 2. The van der Waals surface area contributed by atoms with E-state index in [1.165, 1.54) is 24.1 Å². The van der Waals surface area contributed by atoms with Crippen molar-refractivity contribution >= 4 is 17.6 Å². The first-order valence-corrected chi connectivity index (χ1v) is 12.6. The lowest BCUT2D eigenvalue weighted by atomic mass is 9.98. The Morgan fingerprint density at radius 2 is 1.66 bits per heavy atom. The lowest BCUT2D eigenvalue weighted by molar-refractivity contribution is -0.136. The van der Waals surface area contributed by atoms with Gasteiger partial charge in [0.2, 0.25) is 5.91 Å². The first kappa shape index (κ1) is 24.4. The molecule has 178 valence electrons. The minimum absolute atomic E-state index is 0.179. The van der Waals surface area contributed by atoms with E-state index < -0.39 is 0 Å². The molecule has 2 N–H and O–H groups in total. The molecule has 2 fully saturated rings. The molecule has 0 radical (unpaired) electrons. The molecule has 0 aromatic heterocycles. The molecular weight excluding hydrogens is 398 g/mol. The number of aliphatic imine (C=N–C) groups is 1. The van der Waals surface area contributed by atoms with Crippen molar-refractivity contribution < 1.29 is 4.79 Å². The van der Waals surface area contributed by atoms with Crippen LogP contribution in [0.1, 0.15) is 64.9 Å². The largest absolute Gasteiger partial charge is 0.372 e. The number of hydrogen-bond donors (Lipinski definition) is 2. The van der Waals surface area contributed by atoms with E-state index in [9.17, 15) is 4.79 Å². The average molecular weight is 442 g/mol. The van der Waals surface area contributed by atoms with Gasteiger partial charge in [0.15, 0.2) is 5.96 Å². The van der Waals surface area contributed by atoms with Gasteiger partial charge in [-0.05, 0) is 62.1 Å². The number of carbonyl (C=O) groups is 1. The molecule has 3 rings (SSSR count). The van der Waals surface area contributed by atoms with Gasteiger partial charge in [-0.1, -0.05) is 32.9 Å². The molecule has 6 nitrogen and oxygen atoms in total. The van der Waals surface area contributed by atoms with Crippen molar-refractivity contribution in [3.63, 3.8) is 0 Å². The van der Waals surface area contributed by atoms with Gasteiger partial charge < -0.3 is 20.4 Å².